The molecule has 13 nitrogen and oxygen atoms in total. The van der Waals surface area contributed by atoms with E-state index in [9.17, 15) is 19.7 Å². The Morgan fingerprint density at radius 2 is 1.77 bits per heavy atom. The van der Waals surface area contributed by atoms with E-state index in [0.717, 1.165) is 12.1 Å². The summed E-state index contributed by atoms with van der Waals surface area (Å²) in [6.45, 7) is -0.760. The van der Waals surface area contributed by atoms with Crippen LogP contribution in [0.1, 0.15) is 10.4 Å². The first-order valence-corrected chi connectivity index (χ1v) is 6.76. The number of hydrogen-bond acceptors (Lipinski definition) is 11. The van der Waals surface area contributed by atoms with Crippen molar-refractivity contribution in [3.8, 4) is 5.75 Å². The lowest BCUT2D eigenvalue weighted by Gasteiger charge is -2.22. The number of nitro groups is 1. The Balaban J connectivity index is 0.000000488. The molecule has 0 saturated carbocycles. The van der Waals surface area contributed by atoms with E-state index in [4.69, 9.17) is 41.5 Å². The Bertz CT molecular complexity index is 651. The summed E-state index contributed by atoms with van der Waals surface area (Å²) in [6.07, 6.45) is -6.84. The molecule has 0 radical (unpaired) electrons. The van der Waals surface area contributed by atoms with E-state index < -0.39 is 58.9 Å². The van der Waals surface area contributed by atoms with E-state index in [2.05, 4.69) is 0 Å². The topological polar surface area (TPSA) is 245 Å². The summed E-state index contributed by atoms with van der Waals surface area (Å²) in [7, 11) is 0. The maximum atomic E-state index is 10.5. The molecule has 0 heterocycles. The molecule has 1 aromatic carbocycles. The van der Waals surface area contributed by atoms with Gasteiger partial charge in [-0.1, -0.05) is 0 Å². The van der Waals surface area contributed by atoms with Crippen molar-refractivity contribution >= 4 is 23.6 Å². The van der Waals surface area contributed by atoms with E-state index in [1.54, 1.807) is 0 Å². The van der Waals surface area contributed by atoms with Crippen LogP contribution in [0.15, 0.2) is 12.1 Å². The Morgan fingerprint density at radius 1 is 1.23 bits per heavy atom. The molecule has 1 aromatic rings. The fraction of sp³-hybridized carbons (Fsp3) is 0.385. The maximum absolute atomic E-state index is 10.5. The third-order valence-electron chi connectivity index (χ3n) is 2.99. The van der Waals surface area contributed by atoms with E-state index in [0.29, 0.717) is 0 Å². The Hall–Kier alpha value is -2.84. The number of benzene rings is 1. The predicted octanol–water partition coefficient (Wildman–Crippen LogP) is -2.80. The highest BCUT2D eigenvalue weighted by Crippen LogP contribution is 2.30. The van der Waals surface area contributed by atoms with Gasteiger partial charge in [0.2, 0.25) is 0 Å². The van der Waals surface area contributed by atoms with E-state index in [1.807, 2.05) is 0 Å². The molecule has 146 valence electrons. The maximum Gasteiger partial charge on any atom is 0.339 e. The number of aliphatic hydroxyl groups is 5. The number of nitrogens with two attached hydrogens (primary N) is 1. The van der Waals surface area contributed by atoms with Gasteiger partial charge in [-0.3, -0.25) is 10.1 Å². The number of nitrogens with zero attached hydrogens (tertiary/aromatic N) is 1. The molecule has 4 atom stereocenters. The minimum absolute atomic E-state index is 0.0258. The van der Waals surface area contributed by atoms with Crippen molar-refractivity contribution in [2.45, 2.75) is 24.4 Å². The molecule has 0 aliphatic heterocycles. The second-order valence-electron chi connectivity index (χ2n) is 4.85. The standard InChI is InChI=1S/C7H6N2O5.C6H12O6/c8-5-2-3(9(13)14)1-4(6(5)10)7(11)12;7-1-3(9)5(11)6(12)4(10)2-8/h1-2,10H,8H2,(H,11,12);1,3-6,8-12H,2H2/t;3-,4+,5+,6+/m.0/s1. The minimum atomic E-state index is -1.79. The number of aldehydes is 1. The molecule has 0 saturated heterocycles. The molecule has 0 fully saturated rings. The number of carboxylic acid groups (broad SMARTS) is 1. The van der Waals surface area contributed by atoms with E-state index >= 15 is 0 Å². The Labute approximate surface area is 145 Å². The summed E-state index contributed by atoms with van der Waals surface area (Å²) in [5, 5.41) is 71.6. The number of aromatic carboxylic acids is 1. The number of hydrogen-bond donors (Lipinski definition) is 8. The van der Waals surface area contributed by atoms with Crippen LogP contribution >= 0.6 is 0 Å². The highest BCUT2D eigenvalue weighted by atomic mass is 16.6. The summed E-state index contributed by atoms with van der Waals surface area (Å²) >= 11 is 0. The van der Waals surface area contributed by atoms with Crippen molar-refractivity contribution in [3.63, 3.8) is 0 Å². The summed E-state index contributed by atoms with van der Waals surface area (Å²) < 4.78 is 0. The molecule has 13 heteroatoms. The smallest absolute Gasteiger partial charge is 0.339 e. The second kappa shape index (κ2) is 10.2. The number of phenols is 1. The fourth-order valence-electron chi connectivity index (χ4n) is 1.53. The fourth-order valence-corrected chi connectivity index (χ4v) is 1.53. The normalized spacial score (nSPS) is 15.0. The lowest BCUT2D eigenvalue weighted by atomic mass is 10.0. The largest absolute Gasteiger partial charge is 0.505 e. The van der Waals surface area contributed by atoms with Crippen molar-refractivity contribution in [3.05, 3.63) is 27.8 Å². The molecule has 1 rings (SSSR count). The molecule has 9 N–H and O–H groups in total. The molecule has 0 unspecified atom stereocenters. The van der Waals surface area contributed by atoms with Gasteiger partial charge in [0.25, 0.3) is 5.69 Å². The van der Waals surface area contributed by atoms with Crippen LogP contribution in [0.3, 0.4) is 0 Å². The van der Waals surface area contributed by atoms with Crippen molar-refractivity contribution in [2.75, 3.05) is 12.3 Å². The molecule has 0 aromatic heterocycles. The van der Waals surface area contributed by atoms with Gasteiger partial charge < -0.3 is 46.3 Å². The van der Waals surface area contributed by atoms with Crippen LogP contribution in [0.25, 0.3) is 0 Å². The van der Waals surface area contributed by atoms with E-state index in [-0.39, 0.29) is 12.0 Å². The van der Waals surface area contributed by atoms with Gasteiger partial charge in [0, 0.05) is 12.1 Å². The van der Waals surface area contributed by atoms with Crippen molar-refractivity contribution in [1.29, 1.82) is 0 Å². The Kier molecular flexibility index (Phi) is 9.10. The van der Waals surface area contributed by atoms with Crippen LogP contribution in [0, 0.1) is 10.1 Å². The number of anilines is 1. The van der Waals surface area contributed by atoms with Crippen LogP contribution in [0.5, 0.6) is 5.75 Å². The first-order valence-electron chi connectivity index (χ1n) is 6.76. The number of aromatic hydroxyl groups is 1. The van der Waals surface area contributed by atoms with Gasteiger partial charge in [-0.15, -0.1) is 0 Å². The van der Waals surface area contributed by atoms with Crippen LogP contribution in [-0.4, -0.2) is 83.9 Å². The highest BCUT2D eigenvalue weighted by molar-refractivity contribution is 5.94. The zero-order valence-corrected chi connectivity index (χ0v) is 13.0. The highest BCUT2D eigenvalue weighted by Gasteiger charge is 2.29. The quantitative estimate of drug-likeness (QED) is 0.0788. The summed E-state index contributed by atoms with van der Waals surface area (Å²) in [4.78, 5) is 29.9. The molecule has 0 aliphatic carbocycles. The third-order valence-corrected chi connectivity index (χ3v) is 2.99. The van der Waals surface area contributed by atoms with Gasteiger partial charge in [0.05, 0.1) is 17.2 Å². The third kappa shape index (κ3) is 6.23. The van der Waals surface area contributed by atoms with Gasteiger partial charge in [-0.05, 0) is 0 Å². The van der Waals surface area contributed by atoms with Gasteiger partial charge in [-0.25, -0.2) is 4.79 Å². The van der Waals surface area contributed by atoms with Gasteiger partial charge >= 0.3 is 5.97 Å². The summed E-state index contributed by atoms with van der Waals surface area (Å²) in [5.74, 6) is -2.14. The zero-order valence-electron chi connectivity index (χ0n) is 13.0. The Morgan fingerprint density at radius 3 is 2.15 bits per heavy atom. The first-order chi connectivity index (χ1) is 12.0. The number of carbonyl (C=O) groups excluding carboxylic acids is 1. The van der Waals surface area contributed by atoms with Crippen LogP contribution in [-0.2, 0) is 4.79 Å². The van der Waals surface area contributed by atoms with Crippen molar-refractivity contribution in [2.24, 2.45) is 0 Å². The summed E-state index contributed by atoms with van der Waals surface area (Å²) in [5.41, 5.74) is 3.78. The predicted molar refractivity (Wildman–Crippen MR) is 83.3 cm³/mol. The number of non-ortho nitro benzene ring substituents is 1. The van der Waals surface area contributed by atoms with E-state index in [1.165, 1.54) is 0 Å². The second-order valence-corrected chi connectivity index (χ2v) is 4.85. The van der Waals surface area contributed by atoms with Crippen LogP contribution < -0.4 is 5.73 Å². The number of nitro benzene ring substituents is 1. The molecule has 0 bridgehead atoms. The molecular weight excluding hydrogens is 360 g/mol. The number of nitrogen functional groups attached to an aromatic ring is 1. The molecule has 26 heavy (non-hydrogen) atoms. The van der Waals surface area contributed by atoms with Crippen molar-refractivity contribution in [1.82, 2.24) is 0 Å². The van der Waals surface area contributed by atoms with Crippen LogP contribution in [0.4, 0.5) is 11.4 Å². The molecule has 0 spiro atoms. The van der Waals surface area contributed by atoms with Crippen molar-refractivity contribution < 1.29 is 50.3 Å². The number of rotatable bonds is 7. The van der Waals surface area contributed by atoms with Gasteiger partial charge in [-0.2, -0.15) is 0 Å². The van der Waals surface area contributed by atoms with Crippen LogP contribution in [0.2, 0.25) is 0 Å². The molecular formula is C13H18N2O11. The number of carboxylic acids is 1. The minimum Gasteiger partial charge on any atom is -0.505 e. The lowest BCUT2D eigenvalue weighted by molar-refractivity contribution is -0.384. The number of carbonyl (C=O) groups is 2. The lowest BCUT2D eigenvalue weighted by Crippen LogP contribution is -2.46. The molecule has 0 aliphatic rings. The molecule has 0 amide bonds. The summed E-state index contributed by atoms with van der Waals surface area (Å²) in [6, 6.07) is 1.63. The SMILES string of the molecule is Nc1cc([N+](=O)[O-])cc(C(=O)O)c1O.O=C[C@H](O)[C@@H](O)[C@H](O)[C@H](O)CO. The number of aliphatic hydroxyl groups excluding tert-OH is 5. The van der Waals surface area contributed by atoms with Gasteiger partial charge in [0.1, 0.15) is 30.0 Å². The zero-order chi connectivity index (χ0) is 20.6. The average Bonchev–Trinajstić information content (AvgIpc) is 2.61. The average molecular weight is 378 g/mol. The van der Waals surface area contributed by atoms with Gasteiger partial charge in [0.15, 0.2) is 12.0 Å². The monoisotopic (exact) mass is 378 g/mol. The first kappa shape index (κ1) is 23.2.